The predicted octanol–water partition coefficient (Wildman–Crippen LogP) is 3.16. The van der Waals surface area contributed by atoms with E-state index in [0.717, 1.165) is 28.3 Å². The highest BCUT2D eigenvalue weighted by Crippen LogP contribution is 2.36. The third-order valence-corrected chi connectivity index (χ3v) is 4.12. The number of anilines is 1. The Hall–Kier alpha value is -2.88. The van der Waals surface area contributed by atoms with Crippen molar-refractivity contribution in [3.8, 4) is 0 Å². The van der Waals surface area contributed by atoms with E-state index in [9.17, 15) is 4.79 Å². The average molecular weight is 289 g/mol. The summed E-state index contributed by atoms with van der Waals surface area (Å²) in [5, 5.41) is 0. The topological polar surface area (TPSA) is 37.6 Å². The van der Waals surface area contributed by atoms with Crippen molar-refractivity contribution in [3.63, 3.8) is 0 Å². The smallest absolute Gasteiger partial charge is 0.258 e. The van der Waals surface area contributed by atoms with Crippen molar-refractivity contribution >= 4 is 28.9 Å². The first-order chi connectivity index (χ1) is 10.7. The fourth-order valence-electron chi connectivity index (χ4n) is 2.98. The second-order valence-electron chi connectivity index (χ2n) is 5.45. The number of aromatic nitrogens is 2. The maximum Gasteiger partial charge on any atom is 0.258 e. The molecule has 0 fully saturated rings. The van der Waals surface area contributed by atoms with Gasteiger partial charge in [-0.2, -0.15) is 0 Å². The Labute approximate surface area is 128 Å². The minimum Gasteiger partial charge on any atom is -0.311 e. The highest BCUT2D eigenvalue weighted by atomic mass is 16.2. The molecule has 0 spiro atoms. The van der Waals surface area contributed by atoms with Gasteiger partial charge in [-0.05, 0) is 31.2 Å². The van der Waals surface area contributed by atoms with Crippen LogP contribution in [0.15, 0.2) is 48.7 Å². The van der Waals surface area contributed by atoms with E-state index in [2.05, 4.69) is 4.98 Å². The molecule has 2 aromatic heterocycles. The number of carbonyl (C=O) groups is 1. The molecule has 4 nitrogen and oxygen atoms in total. The zero-order chi connectivity index (χ0) is 15.3. The first-order valence-electron chi connectivity index (χ1n) is 7.19. The maximum absolute atomic E-state index is 12.6. The summed E-state index contributed by atoms with van der Waals surface area (Å²) in [4.78, 5) is 18.8. The number of nitrogens with zero attached hydrogens (tertiary/aromatic N) is 3. The lowest BCUT2D eigenvalue weighted by Crippen LogP contribution is -2.20. The van der Waals surface area contributed by atoms with E-state index in [1.807, 2.05) is 73.1 Å². The molecule has 108 valence electrons. The number of rotatable bonds is 1. The first-order valence-corrected chi connectivity index (χ1v) is 7.19. The zero-order valence-electron chi connectivity index (χ0n) is 12.4. The van der Waals surface area contributed by atoms with Gasteiger partial charge in [-0.15, -0.1) is 0 Å². The molecule has 1 aliphatic heterocycles. The number of hydrogen-bond acceptors (Lipinski definition) is 2. The van der Waals surface area contributed by atoms with Gasteiger partial charge in [0.25, 0.3) is 5.91 Å². The van der Waals surface area contributed by atoms with Crippen LogP contribution in [-0.2, 0) is 4.79 Å². The average Bonchev–Trinajstić information content (AvgIpc) is 2.98. The summed E-state index contributed by atoms with van der Waals surface area (Å²) in [6.45, 7) is 1.97. The largest absolute Gasteiger partial charge is 0.311 e. The third-order valence-electron chi connectivity index (χ3n) is 4.12. The molecular formula is C18H15N3O. The number of pyridine rings is 1. The van der Waals surface area contributed by atoms with Crippen molar-refractivity contribution in [1.29, 1.82) is 0 Å². The summed E-state index contributed by atoms with van der Waals surface area (Å²) in [6, 6.07) is 13.8. The number of para-hydroxylation sites is 1. The van der Waals surface area contributed by atoms with E-state index in [1.54, 1.807) is 4.90 Å². The number of fused-ring (bicyclic) bond motifs is 2. The fourth-order valence-corrected chi connectivity index (χ4v) is 2.98. The van der Waals surface area contributed by atoms with E-state index >= 15 is 0 Å². The zero-order valence-corrected chi connectivity index (χ0v) is 12.4. The lowest BCUT2D eigenvalue weighted by atomic mass is 10.1. The second-order valence-corrected chi connectivity index (χ2v) is 5.45. The van der Waals surface area contributed by atoms with Gasteiger partial charge in [0.15, 0.2) is 0 Å². The number of benzene rings is 1. The highest BCUT2D eigenvalue weighted by molar-refractivity contribution is 6.35. The van der Waals surface area contributed by atoms with Gasteiger partial charge in [-0.25, -0.2) is 4.98 Å². The first kappa shape index (κ1) is 12.8. The van der Waals surface area contributed by atoms with Crippen LogP contribution in [0.3, 0.4) is 0 Å². The fraction of sp³-hybridized carbons (Fsp3) is 0.111. The molecule has 0 saturated carbocycles. The molecule has 0 radical (unpaired) electrons. The molecule has 0 unspecified atom stereocenters. The molecule has 1 aromatic carbocycles. The number of likely N-dealkylation sites (N-methyl/N-ethyl adjacent to an activating group) is 1. The predicted molar refractivity (Wildman–Crippen MR) is 87.7 cm³/mol. The van der Waals surface area contributed by atoms with E-state index in [4.69, 9.17) is 0 Å². The molecule has 1 aliphatic rings. The van der Waals surface area contributed by atoms with Crippen LogP contribution in [0.4, 0.5) is 5.69 Å². The Kier molecular flexibility index (Phi) is 2.66. The van der Waals surface area contributed by atoms with Gasteiger partial charge in [0.1, 0.15) is 5.65 Å². The Morgan fingerprint density at radius 1 is 1.09 bits per heavy atom. The lowest BCUT2D eigenvalue weighted by Gasteiger charge is -2.07. The summed E-state index contributed by atoms with van der Waals surface area (Å²) in [5.74, 6) is 0.0199. The number of amides is 1. The van der Waals surface area contributed by atoms with E-state index in [1.165, 1.54) is 0 Å². The van der Waals surface area contributed by atoms with Gasteiger partial charge in [0.2, 0.25) is 0 Å². The van der Waals surface area contributed by atoms with Gasteiger partial charge in [-0.3, -0.25) is 9.20 Å². The minimum atomic E-state index is 0.0199. The van der Waals surface area contributed by atoms with Crippen LogP contribution in [0.2, 0.25) is 0 Å². The summed E-state index contributed by atoms with van der Waals surface area (Å²) in [7, 11) is 1.81. The second kappa shape index (κ2) is 4.56. The van der Waals surface area contributed by atoms with Crippen LogP contribution >= 0.6 is 0 Å². The van der Waals surface area contributed by atoms with Crippen LogP contribution < -0.4 is 4.90 Å². The lowest BCUT2D eigenvalue weighted by molar-refractivity contribution is -0.112. The quantitative estimate of drug-likeness (QED) is 0.645. The molecule has 0 aliphatic carbocycles. The van der Waals surface area contributed by atoms with Gasteiger partial charge < -0.3 is 4.90 Å². The van der Waals surface area contributed by atoms with Crippen molar-refractivity contribution in [2.75, 3.05) is 11.9 Å². The SMILES string of the molecule is Cc1nc2ccccn2c1/C=C1/C(=O)N(C)c2ccccc21. The molecule has 0 saturated heterocycles. The molecule has 0 N–H and O–H groups in total. The maximum atomic E-state index is 12.6. The van der Waals surface area contributed by atoms with Crippen molar-refractivity contribution in [3.05, 3.63) is 65.6 Å². The molecule has 22 heavy (non-hydrogen) atoms. The molecule has 4 rings (SSSR count). The normalized spacial score (nSPS) is 15.8. The van der Waals surface area contributed by atoms with Gasteiger partial charge in [0, 0.05) is 18.8 Å². The van der Waals surface area contributed by atoms with Gasteiger partial charge in [0.05, 0.1) is 22.6 Å². The summed E-state index contributed by atoms with van der Waals surface area (Å²) >= 11 is 0. The van der Waals surface area contributed by atoms with Crippen molar-refractivity contribution < 1.29 is 4.79 Å². The number of hydrogen-bond donors (Lipinski definition) is 0. The monoisotopic (exact) mass is 289 g/mol. The number of aryl methyl sites for hydroxylation is 1. The van der Waals surface area contributed by atoms with Crippen LogP contribution in [0.25, 0.3) is 17.3 Å². The van der Waals surface area contributed by atoms with E-state index in [-0.39, 0.29) is 5.91 Å². The Bertz CT molecular complexity index is 936. The molecule has 0 bridgehead atoms. The molecule has 3 aromatic rings. The molecule has 3 heterocycles. The minimum absolute atomic E-state index is 0.0199. The molecule has 0 atom stereocenters. The van der Waals surface area contributed by atoms with Crippen LogP contribution in [0.5, 0.6) is 0 Å². The Morgan fingerprint density at radius 3 is 2.73 bits per heavy atom. The third kappa shape index (κ3) is 1.70. The van der Waals surface area contributed by atoms with E-state index < -0.39 is 0 Å². The van der Waals surface area contributed by atoms with Crippen LogP contribution in [0, 0.1) is 6.92 Å². The number of imidazole rings is 1. The van der Waals surface area contributed by atoms with Crippen molar-refractivity contribution in [1.82, 2.24) is 9.38 Å². The van der Waals surface area contributed by atoms with Crippen molar-refractivity contribution in [2.45, 2.75) is 6.92 Å². The van der Waals surface area contributed by atoms with Crippen molar-refractivity contribution in [2.24, 2.45) is 0 Å². The number of carbonyl (C=O) groups excluding carboxylic acids is 1. The van der Waals surface area contributed by atoms with Crippen LogP contribution in [-0.4, -0.2) is 22.3 Å². The Balaban J connectivity index is 1.96. The highest BCUT2D eigenvalue weighted by Gasteiger charge is 2.29. The summed E-state index contributed by atoms with van der Waals surface area (Å²) in [5.41, 5.74) is 5.39. The van der Waals surface area contributed by atoms with E-state index in [0.29, 0.717) is 5.57 Å². The molecule has 4 heteroatoms. The Morgan fingerprint density at radius 2 is 1.86 bits per heavy atom. The van der Waals surface area contributed by atoms with Crippen LogP contribution in [0.1, 0.15) is 17.0 Å². The summed E-state index contributed by atoms with van der Waals surface area (Å²) < 4.78 is 2.01. The standard InChI is InChI=1S/C18H15N3O/c1-12-16(21-10-6-5-9-17(21)19-12)11-14-13-7-3-4-8-15(13)20(2)18(14)22/h3-11H,1-2H3/b14-11+. The molecule has 1 amide bonds. The summed E-state index contributed by atoms with van der Waals surface area (Å²) in [6.07, 6.45) is 3.91. The van der Waals surface area contributed by atoms with Gasteiger partial charge in [-0.1, -0.05) is 24.3 Å². The van der Waals surface area contributed by atoms with Gasteiger partial charge >= 0.3 is 0 Å². The molecular weight excluding hydrogens is 274 g/mol.